The average molecular weight is 728 g/mol. The van der Waals surface area contributed by atoms with Gasteiger partial charge in [-0.3, -0.25) is 0 Å². The van der Waals surface area contributed by atoms with Gasteiger partial charge in [-0.1, -0.05) is 170 Å². The van der Waals surface area contributed by atoms with Crippen molar-refractivity contribution < 1.29 is 4.74 Å². The van der Waals surface area contributed by atoms with E-state index in [9.17, 15) is 0 Å². The van der Waals surface area contributed by atoms with Gasteiger partial charge in [0.2, 0.25) is 0 Å². The van der Waals surface area contributed by atoms with Gasteiger partial charge in [0.25, 0.3) is 0 Å². The Hall–Kier alpha value is -7.42. The number of ether oxygens (including phenoxy) is 1. The van der Waals surface area contributed by atoms with Crippen LogP contribution in [0.5, 0.6) is 11.5 Å². The fourth-order valence-corrected chi connectivity index (χ4v) is 9.15. The maximum Gasteiger partial charge on any atom is 0.132 e. The van der Waals surface area contributed by atoms with Gasteiger partial charge in [0.05, 0.1) is 5.41 Å². The van der Waals surface area contributed by atoms with Crippen LogP contribution in [0.25, 0.3) is 44.5 Å². The first-order valence-electron chi connectivity index (χ1n) is 19.6. The molecule has 1 aliphatic heterocycles. The van der Waals surface area contributed by atoms with Crippen molar-refractivity contribution in [1.82, 2.24) is 0 Å². The van der Waals surface area contributed by atoms with Gasteiger partial charge >= 0.3 is 0 Å². The van der Waals surface area contributed by atoms with Crippen molar-refractivity contribution in [3.05, 3.63) is 247 Å². The fourth-order valence-electron chi connectivity index (χ4n) is 9.15. The molecule has 0 saturated carbocycles. The van der Waals surface area contributed by atoms with Crippen LogP contribution >= 0.6 is 0 Å². The highest BCUT2D eigenvalue weighted by Gasteiger charge is 2.51. The quantitative estimate of drug-likeness (QED) is 0.169. The molecule has 0 N–H and O–H groups in total. The van der Waals surface area contributed by atoms with E-state index in [2.05, 4.69) is 229 Å². The molecule has 0 saturated heterocycles. The molecule has 0 amide bonds. The molecule has 0 fully saturated rings. The molecule has 0 bridgehead atoms. The van der Waals surface area contributed by atoms with E-state index in [0.29, 0.717) is 0 Å². The van der Waals surface area contributed by atoms with Crippen LogP contribution < -0.4 is 9.64 Å². The molecule has 2 aliphatic rings. The second-order valence-corrected chi connectivity index (χ2v) is 14.9. The molecular weight excluding hydrogens is 691 g/mol. The molecule has 268 valence electrons. The minimum atomic E-state index is -0.596. The van der Waals surface area contributed by atoms with Gasteiger partial charge in [-0.25, -0.2) is 0 Å². The third-order valence-corrected chi connectivity index (χ3v) is 11.8. The molecule has 0 aromatic heterocycles. The molecule has 0 unspecified atom stereocenters. The number of nitrogens with zero attached hydrogens (tertiary/aromatic N) is 1. The second-order valence-electron chi connectivity index (χ2n) is 14.9. The van der Waals surface area contributed by atoms with E-state index >= 15 is 0 Å². The largest absolute Gasteiger partial charge is 0.457 e. The summed E-state index contributed by atoms with van der Waals surface area (Å²) in [5.41, 5.74) is 17.1. The van der Waals surface area contributed by atoms with E-state index in [4.69, 9.17) is 4.74 Å². The van der Waals surface area contributed by atoms with Gasteiger partial charge in [0.15, 0.2) is 0 Å². The molecule has 9 aromatic rings. The molecule has 1 heterocycles. The van der Waals surface area contributed by atoms with Crippen molar-refractivity contribution in [2.75, 3.05) is 4.90 Å². The third-order valence-electron chi connectivity index (χ3n) is 11.8. The monoisotopic (exact) mass is 727 g/mol. The van der Waals surface area contributed by atoms with Crippen molar-refractivity contribution in [1.29, 1.82) is 0 Å². The first-order chi connectivity index (χ1) is 28.3. The van der Waals surface area contributed by atoms with Crippen LogP contribution in [-0.4, -0.2) is 0 Å². The lowest BCUT2D eigenvalue weighted by atomic mass is 9.66. The standard InChI is InChI=1S/C55H37NO/c1-4-14-38(15-5-1)41-24-29-44(30-25-41)56(45-31-26-42(27-32-45)39-16-6-2-7-17-39)46-33-34-47-48-36-43(40-18-8-3-9-19-40)28-35-49(48)55(52(47)37-46)50-20-10-12-22-53(50)57-54-23-13-11-21-51(54)55/h1-37H. The average Bonchev–Trinajstić information content (AvgIpc) is 3.57. The summed E-state index contributed by atoms with van der Waals surface area (Å²) in [7, 11) is 0. The van der Waals surface area contributed by atoms with Crippen molar-refractivity contribution >= 4 is 17.1 Å². The second kappa shape index (κ2) is 13.4. The lowest BCUT2D eigenvalue weighted by molar-refractivity contribution is 0.436. The van der Waals surface area contributed by atoms with Crippen LogP contribution in [0, 0.1) is 0 Å². The zero-order valence-corrected chi connectivity index (χ0v) is 31.2. The molecule has 57 heavy (non-hydrogen) atoms. The Morgan fingerprint density at radius 2 is 0.702 bits per heavy atom. The van der Waals surface area contributed by atoms with Crippen molar-refractivity contribution in [3.8, 4) is 56.0 Å². The lowest BCUT2D eigenvalue weighted by Crippen LogP contribution is -2.32. The number of fused-ring (bicyclic) bond motifs is 9. The molecule has 1 aliphatic carbocycles. The Labute approximate surface area is 333 Å². The Balaban J connectivity index is 1.14. The van der Waals surface area contributed by atoms with Crippen LogP contribution in [0.2, 0.25) is 0 Å². The minimum absolute atomic E-state index is 0.596. The number of hydrogen-bond donors (Lipinski definition) is 0. The number of rotatable bonds is 6. The number of para-hydroxylation sites is 2. The van der Waals surface area contributed by atoms with Crippen LogP contribution in [0.3, 0.4) is 0 Å². The molecule has 2 heteroatoms. The summed E-state index contributed by atoms with van der Waals surface area (Å²) in [5, 5.41) is 0. The molecule has 0 radical (unpaired) electrons. The Morgan fingerprint density at radius 1 is 0.281 bits per heavy atom. The third kappa shape index (κ3) is 5.33. The van der Waals surface area contributed by atoms with Crippen LogP contribution in [0.4, 0.5) is 17.1 Å². The fraction of sp³-hybridized carbons (Fsp3) is 0.0182. The molecular formula is C55H37NO. The van der Waals surface area contributed by atoms with E-state index in [1.54, 1.807) is 0 Å². The van der Waals surface area contributed by atoms with Crippen molar-refractivity contribution in [2.45, 2.75) is 5.41 Å². The van der Waals surface area contributed by atoms with Crippen LogP contribution in [0.1, 0.15) is 22.3 Å². The highest BCUT2D eigenvalue weighted by Crippen LogP contribution is 2.63. The smallest absolute Gasteiger partial charge is 0.132 e. The summed E-state index contributed by atoms with van der Waals surface area (Å²) >= 11 is 0. The molecule has 2 nitrogen and oxygen atoms in total. The molecule has 1 spiro atoms. The predicted molar refractivity (Wildman–Crippen MR) is 235 cm³/mol. The van der Waals surface area contributed by atoms with Crippen molar-refractivity contribution in [3.63, 3.8) is 0 Å². The van der Waals surface area contributed by atoms with Gasteiger partial charge < -0.3 is 9.64 Å². The Morgan fingerprint density at radius 3 is 1.23 bits per heavy atom. The molecule has 11 rings (SSSR count). The van der Waals surface area contributed by atoms with Gasteiger partial charge in [-0.05, 0) is 110 Å². The topological polar surface area (TPSA) is 12.5 Å². The van der Waals surface area contributed by atoms with Crippen LogP contribution in [-0.2, 0) is 5.41 Å². The first-order valence-corrected chi connectivity index (χ1v) is 19.6. The lowest BCUT2D eigenvalue weighted by Gasteiger charge is -2.39. The van der Waals surface area contributed by atoms with E-state index in [1.165, 1.54) is 55.6 Å². The molecule has 9 aromatic carbocycles. The highest BCUT2D eigenvalue weighted by atomic mass is 16.5. The maximum atomic E-state index is 6.69. The zero-order valence-electron chi connectivity index (χ0n) is 31.2. The Bertz CT molecular complexity index is 2770. The SMILES string of the molecule is c1ccc(-c2ccc(N(c3ccc(-c4ccccc4)cc3)c3ccc4c(c3)C3(c5ccccc5Oc5ccccc53)c3ccc(-c5ccccc5)cc3-4)cc2)cc1. The number of benzene rings is 9. The van der Waals surface area contributed by atoms with E-state index in [0.717, 1.165) is 39.7 Å². The number of anilines is 3. The van der Waals surface area contributed by atoms with Gasteiger partial charge in [-0.15, -0.1) is 0 Å². The zero-order chi connectivity index (χ0) is 37.8. The highest BCUT2D eigenvalue weighted by molar-refractivity contribution is 5.93. The summed E-state index contributed by atoms with van der Waals surface area (Å²) in [5.74, 6) is 1.77. The first kappa shape index (κ1) is 33.0. The maximum absolute atomic E-state index is 6.69. The summed E-state index contributed by atoms with van der Waals surface area (Å²) in [6.45, 7) is 0. The van der Waals surface area contributed by atoms with Crippen LogP contribution in [0.15, 0.2) is 224 Å². The Kier molecular flexibility index (Phi) is 7.75. The van der Waals surface area contributed by atoms with Gasteiger partial charge in [0.1, 0.15) is 11.5 Å². The summed E-state index contributed by atoms with van der Waals surface area (Å²) < 4.78 is 6.69. The summed E-state index contributed by atoms with van der Waals surface area (Å²) in [6, 6.07) is 81.1. The summed E-state index contributed by atoms with van der Waals surface area (Å²) in [6.07, 6.45) is 0. The minimum Gasteiger partial charge on any atom is -0.457 e. The van der Waals surface area contributed by atoms with Crippen molar-refractivity contribution in [2.24, 2.45) is 0 Å². The predicted octanol–water partition coefficient (Wildman–Crippen LogP) is 14.6. The van der Waals surface area contributed by atoms with Gasteiger partial charge in [0, 0.05) is 28.2 Å². The van der Waals surface area contributed by atoms with E-state index in [-0.39, 0.29) is 0 Å². The normalized spacial score (nSPS) is 12.8. The van der Waals surface area contributed by atoms with Gasteiger partial charge in [-0.2, -0.15) is 0 Å². The molecule has 0 atom stereocenters. The number of hydrogen-bond acceptors (Lipinski definition) is 2. The van der Waals surface area contributed by atoms with E-state index in [1.807, 2.05) is 0 Å². The van der Waals surface area contributed by atoms with E-state index < -0.39 is 5.41 Å². The summed E-state index contributed by atoms with van der Waals surface area (Å²) in [4.78, 5) is 2.40.